The molecule has 1 saturated heterocycles. The fourth-order valence-corrected chi connectivity index (χ4v) is 4.17. The molecule has 1 fully saturated rings. The molecule has 5 heteroatoms. The normalized spacial score (nSPS) is 23.2. The SMILES string of the molecule is CN=C(NCC1CCCc2ccccc21)N1CCC(COCCOC)C1. The van der Waals surface area contributed by atoms with Crippen LogP contribution in [0.1, 0.15) is 36.3 Å². The molecule has 1 aliphatic heterocycles. The van der Waals surface area contributed by atoms with Gasteiger partial charge in [0.25, 0.3) is 0 Å². The van der Waals surface area contributed by atoms with Gasteiger partial charge in [-0.2, -0.15) is 0 Å². The molecule has 1 aromatic rings. The minimum atomic E-state index is 0.584. The second-order valence-corrected chi connectivity index (χ2v) is 7.38. The summed E-state index contributed by atoms with van der Waals surface area (Å²) in [6.07, 6.45) is 4.93. The Kier molecular flexibility index (Phi) is 7.32. The Labute approximate surface area is 157 Å². The first-order valence-corrected chi connectivity index (χ1v) is 9.92. The van der Waals surface area contributed by atoms with E-state index in [1.54, 1.807) is 7.11 Å². The van der Waals surface area contributed by atoms with Crippen LogP contribution in [-0.4, -0.2) is 64.5 Å². The van der Waals surface area contributed by atoms with E-state index in [-0.39, 0.29) is 0 Å². The van der Waals surface area contributed by atoms with Gasteiger partial charge in [0.2, 0.25) is 0 Å². The molecule has 26 heavy (non-hydrogen) atoms. The monoisotopic (exact) mass is 359 g/mol. The van der Waals surface area contributed by atoms with E-state index >= 15 is 0 Å². The van der Waals surface area contributed by atoms with Gasteiger partial charge in [-0.3, -0.25) is 4.99 Å². The van der Waals surface area contributed by atoms with Crippen LogP contribution in [0.3, 0.4) is 0 Å². The molecule has 0 bridgehead atoms. The summed E-state index contributed by atoms with van der Waals surface area (Å²) in [5.74, 6) is 2.21. The smallest absolute Gasteiger partial charge is 0.193 e. The van der Waals surface area contributed by atoms with Gasteiger partial charge < -0.3 is 19.7 Å². The Morgan fingerprint density at radius 1 is 1.27 bits per heavy atom. The van der Waals surface area contributed by atoms with Crippen molar-refractivity contribution >= 4 is 5.96 Å². The lowest BCUT2D eigenvalue weighted by Gasteiger charge is -2.28. The van der Waals surface area contributed by atoms with Gasteiger partial charge in [0, 0.05) is 45.6 Å². The Bertz CT molecular complexity index is 590. The summed E-state index contributed by atoms with van der Waals surface area (Å²) in [5, 5.41) is 3.63. The predicted molar refractivity (Wildman–Crippen MR) is 106 cm³/mol. The summed E-state index contributed by atoms with van der Waals surface area (Å²) in [4.78, 5) is 6.90. The zero-order valence-corrected chi connectivity index (χ0v) is 16.2. The highest BCUT2D eigenvalue weighted by Crippen LogP contribution is 2.30. The molecule has 2 aliphatic rings. The molecule has 0 amide bonds. The highest BCUT2D eigenvalue weighted by Gasteiger charge is 2.26. The first kappa shape index (κ1) is 19.2. The third kappa shape index (κ3) is 4.98. The van der Waals surface area contributed by atoms with E-state index in [0.717, 1.165) is 32.2 Å². The van der Waals surface area contributed by atoms with Crippen molar-refractivity contribution in [1.29, 1.82) is 0 Å². The van der Waals surface area contributed by atoms with Gasteiger partial charge in [0.1, 0.15) is 0 Å². The van der Waals surface area contributed by atoms with Crippen molar-refractivity contribution in [3.05, 3.63) is 35.4 Å². The van der Waals surface area contributed by atoms with E-state index in [2.05, 4.69) is 39.5 Å². The molecule has 0 saturated carbocycles. The number of nitrogens with one attached hydrogen (secondary N) is 1. The maximum absolute atomic E-state index is 5.70. The Hall–Kier alpha value is -1.59. The number of fused-ring (bicyclic) bond motifs is 1. The van der Waals surface area contributed by atoms with Crippen LogP contribution in [0.15, 0.2) is 29.3 Å². The van der Waals surface area contributed by atoms with Gasteiger partial charge in [0.15, 0.2) is 5.96 Å². The van der Waals surface area contributed by atoms with Crippen LogP contribution in [-0.2, 0) is 15.9 Å². The van der Waals surface area contributed by atoms with E-state index in [1.165, 1.54) is 36.8 Å². The minimum Gasteiger partial charge on any atom is -0.382 e. The zero-order valence-electron chi connectivity index (χ0n) is 16.2. The average molecular weight is 360 g/mol. The fourth-order valence-electron chi connectivity index (χ4n) is 4.17. The largest absolute Gasteiger partial charge is 0.382 e. The number of ether oxygens (including phenoxy) is 2. The number of hydrogen-bond acceptors (Lipinski definition) is 3. The molecular formula is C21H33N3O2. The molecule has 1 aromatic carbocycles. The second kappa shape index (κ2) is 9.93. The highest BCUT2D eigenvalue weighted by molar-refractivity contribution is 5.80. The van der Waals surface area contributed by atoms with Crippen molar-refractivity contribution in [2.75, 3.05) is 53.6 Å². The van der Waals surface area contributed by atoms with Gasteiger partial charge in [-0.25, -0.2) is 0 Å². The Morgan fingerprint density at radius 3 is 3.00 bits per heavy atom. The molecule has 2 atom stereocenters. The molecule has 1 heterocycles. The molecule has 3 rings (SSSR count). The van der Waals surface area contributed by atoms with Gasteiger partial charge in [-0.1, -0.05) is 24.3 Å². The van der Waals surface area contributed by atoms with E-state index < -0.39 is 0 Å². The quantitative estimate of drug-likeness (QED) is 0.462. The Balaban J connectivity index is 1.47. The van der Waals surface area contributed by atoms with Gasteiger partial charge >= 0.3 is 0 Å². The first-order chi connectivity index (χ1) is 12.8. The molecule has 144 valence electrons. The number of nitrogens with zero attached hydrogens (tertiary/aromatic N) is 2. The maximum atomic E-state index is 5.70. The summed E-state index contributed by atoms with van der Waals surface area (Å²) in [6, 6.07) is 8.91. The number of methoxy groups -OCH3 is 1. The van der Waals surface area contributed by atoms with Gasteiger partial charge in [0.05, 0.1) is 19.8 Å². The molecule has 0 aromatic heterocycles. The molecular weight excluding hydrogens is 326 g/mol. The van der Waals surface area contributed by atoms with Crippen LogP contribution in [0, 0.1) is 5.92 Å². The van der Waals surface area contributed by atoms with Crippen LogP contribution in [0.4, 0.5) is 0 Å². The zero-order chi connectivity index (χ0) is 18.2. The molecule has 0 spiro atoms. The number of rotatable bonds is 7. The van der Waals surface area contributed by atoms with Crippen LogP contribution >= 0.6 is 0 Å². The molecule has 0 radical (unpaired) electrons. The van der Waals surface area contributed by atoms with E-state index in [1.807, 2.05) is 7.05 Å². The lowest BCUT2D eigenvalue weighted by atomic mass is 9.83. The van der Waals surface area contributed by atoms with Crippen molar-refractivity contribution < 1.29 is 9.47 Å². The van der Waals surface area contributed by atoms with E-state index in [9.17, 15) is 0 Å². The number of hydrogen-bond donors (Lipinski definition) is 1. The predicted octanol–water partition coefficient (Wildman–Crippen LogP) is 2.67. The van der Waals surface area contributed by atoms with Crippen LogP contribution in [0.25, 0.3) is 0 Å². The summed E-state index contributed by atoms with van der Waals surface area (Å²) in [6.45, 7) is 5.21. The van der Waals surface area contributed by atoms with Crippen molar-refractivity contribution in [1.82, 2.24) is 10.2 Å². The number of benzene rings is 1. The standard InChI is InChI=1S/C21H33N3O2/c1-22-21(24-11-10-17(15-24)16-26-13-12-25-2)23-14-19-8-5-7-18-6-3-4-9-20(18)19/h3-4,6,9,17,19H,5,7-8,10-16H2,1-2H3,(H,22,23). The fraction of sp³-hybridized carbons (Fsp3) is 0.667. The topological polar surface area (TPSA) is 46.1 Å². The van der Waals surface area contributed by atoms with Crippen LogP contribution < -0.4 is 5.32 Å². The van der Waals surface area contributed by atoms with Gasteiger partial charge in [-0.15, -0.1) is 0 Å². The van der Waals surface area contributed by atoms with Gasteiger partial charge in [-0.05, 0) is 36.8 Å². The highest BCUT2D eigenvalue weighted by atomic mass is 16.5. The first-order valence-electron chi connectivity index (χ1n) is 9.92. The second-order valence-electron chi connectivity index (χ2n) is 7.38. The molecule has 1 N–H and O–H groups in total. The molecule has 1 aliphatic carbocycles. The summed E-state index contributed by atoms with van der Waals surface area (Å²) in [7, 11) is 3.60. The number of aryl methyl sites for hydroxylation is 1. The van der Waals surface area contributed by atoms with E-state index in [0.29, 0.717) is 25.0 Å². The number of guanidine groups is 1. The third-order valence-corrected chi connectivity index (χ3v) is 5.58. The summed E-state index contributed by atoms with van der Waals surface area (Å²) < 4.78 is 10.7. The summed E-state index contributed by atoms with van der Waals surface area (Å²) >= 11 is 0. The lowest BCUT2D eigenvalue weighted by Crippen LogP contribution is -2.42. The number of likely N-dealkylation sites (tertiary alicyclic amines) is 1. The summed E-state index contributed by atoms with van der Waals surface area (Å²) in [5.41, 5.74) is 3.04. The molecule has 2 unspecified atom stereocenters. The van der Waals surface area contributed by atoms with Crippen LogP contribution in [0.5, 0.6) is 0 Å². The molecule has 5 nitrogen and oxygen atoms in total. The lowest BCUT2D eigenvalue weighted by molar-refractivity contribution is 0.0536. The van der Waals surface area contributed by atoms with Crippen molar-refractivity contribution in [2.45, 2.75) is 31.6 Å². The third-order valence-electron chi connectivity index (χ3n) is 5.58. The average Bonchev–Trinajstić information content (AvgIpc) is 3.14. The number of aliphatic imine (C=N–C) groups is 1. The van der Waals surface area contributed by atoms with E-state index in [4.69, 9.17) is 9.47 Å². The minimum absolute atomic E-state index is 0.584. The Morgan fingerprint density at radius 2 is 2.15 bits per heavy atom. The van der Waals surface area contributed by atoms with Crippen molar-refractivity contribution in [3.63, 3.8) is 0 Å². The maximum Gasteiger partial charge on any atom is 0.193 e. The van der Waals surface area contributed by atoms with Crippen molar-refractivity contribution in [2.24, 2.45) is 10.9 Å². The van der Waals surface area contributed by atoms with Crippen LogP contribution in [0.2, 0.25) is 0 Å². The van der Waals surface area contributed by atoms with Crippen molar-refractivity contribution in [3.8, 4) is 0 Å².